The van der Waals surface area contributed by atoms with Gasteiger partial charge in [0.2, 0.25) is 0 Å². The van der Waals surface area contributed by atoms with E-state index in [9.17, 15) is 10.1 Å². The molecule has 4 rings (SSSR count). The van der Waals surface area contributed by atoms with Crippen LogP contribution < -0.4 is 10.2 Å². The number of aromatic nitrogens is 1. The highest BCUT2D eigenvalue weighted by atomic mass is 16.6. The van der Waals surface area contributed by atoms with E-state index in [2.05, 4.69) is 68.6 Å². The quantitative estimate of drug-likeness (QED) is 0.476. The molecule has 0 atom stereocenters. The van der Waals surface area contributed by atoms with E-state index in [1.165, 1.54) is 29.1 Å². The van der Waals surface area contributed by atoms with E-state index < -0.39 is 4.92 Å². The molecule has 0 saturated carbocycles. The molecule has 2 aromatic carbocycles. The fourth-order valence-corrected chi connectivity index (χ4v) is 3.71. The highest BCUT2D eigenvalue weighted by molar-refractivity contribution is 5.46. The normalized spacial score (nSPS) is 14.5. The SMILES string of the molecule is O=[N+]([O-])c1ccc(NCc2ccccc2CN2CCN(c3ccccc3)CC2)nc1. The van der Waals surface area contributed by atoms with Crippen LogP contribution in [0.1, 0.15) is 11.1 Å². The third kappa shape index (κ3) is 4.93. The van der Waals surface area contributed by atoms with Crippen LogP contribution in [0.15, 0.2) is 72.9 Å². The summed E-state index contributed by atoms with van der Waals surface area (Å²) in [5, 5.41) is 14.0. The molecule has 0 bridgehead atoms. The summed E-state index contributed by atoms with van der Waals surface area (Å²) in [7, 11) is 0. The zero-order valence-electron chi connectivity index (χ0n) is 16.8. The highest BCUT2D eigenvalue weighted by Gasteiger charge is 2.18. The van der Waals surface area contributed by atoms with Crippen LogP contribution >= 0.6 is 0 Å². The number of rotatable bonds is 7. The zero-order valence-corrected chi connectivity index (χ0v) is 16.8. The summed E-state index contributed by atoms with van der Waals surface area (Å²) in [6, 6.07) is 22.1. The molecular formula is C23H25N5O2. The largest absolute Gasteiger partial charge is 0.369 e. The minimum absolute atomic E-state index is 0.00408. The second kappa shape index (κ2) is 9.37. The van der Waals surface area contributed by atoms with Crippen LogP contribution in [-0.2, 0) is 13.1 Å². The Balaban J connectivity index is 1.34. The van der Waals surface area contributed by atoms with Crippen molar-refractivity contribution in [2.75, 3.05) is 36.4 Å². The van der Waals surface area contributed by atoms with E-state index in [1.807, 2.05) is 6.07 Å². The lowest BCUT2D eigenvalue weighted by Crippen LogP contribution is -2.46. The molecule has 30 heavy (non-hydrogen) atoms. The van der Waals surface area contributed by atoms with Crippen LogP contribution in [0.3, 0.4) is 0 Å². The van der Waals surface area contributed by atoms with Gasteiger partial charge in [-0.05, 0) is 29.3 Å². The fourth-order valence-electron chi connectivity index (χ4n) is 3.71. The Hall–Kier alpha value is -3.45. The Morgan fingerprint density at radius 1 is 0.900 bits per heavy atom. The van der Waals surface area contributed by atoms with Gasteiger partial charge >= 0.3 is 0 Å². The second-order valence-corrected chi connectivity index (χ2v) is 7.38. The summed E-state index contributed by atoms with van der Waals surface area (Å²) in [6.07, 6.45) is 1.28. The van der Waals surface area contributed by atoms with Gasteiger partial charge in [0, 0.05) is 51.0 Å². The lowest BCUT2D eigenvalue weighted by molar-refractivity contribution is -0.385. The minimum Gasteiger partial charge on any atom is -0.369 e. The predicted octanol–water partition coefficient (Wildman–Crippen LogP) is 3.92. The van der Waals surface area contributed by atoms with Gasteiger partial charge in [-0.3, -0.25) is 15.0 Å². The minimum atomic E-state index is -0.441. The maximum Gasteiger partial charge on any atom is 0.287 e. The number of anilines is 2. The van der Waals surface area contributed by atoms with E-state index in [0.29, 0.717) is 12.4 Å². The molecule has 0 unspecified atom stereocenters. The predicted molar refractivity (Wildman–Crippen MR) is 119 cm³/mol. The molecule has 0 spiro atoms. The Bertz CT molecular complexity index is 970. The van der Waals surface area contributed by atoms with Gasteiger partial charge in [-0.25, -0.2) is 4.98 Å². The molecule has 3 aromatic rings. The number of hydrogen-bond donors (Lipinski definition) is 1. The summed E-state index contributed by atoms with van der Waals surface area (Å²) in [5.41, 5.74) is 3.79. The van der Waals surface area contributed by atoms with Gasteiger partial charge in [0.15, 0.2) is 0 Å². The van der Waals surface area contributed by atoms with Crippen molar-refractivity contribution in [3.8, 4) is 0 Å². The maximum atomic E-state index is 10.8. The summed E-state index contributed by atoms with van der Waals surface area (Å²) in [4.78, 5) is 19.4. The average molecular weight is 403 g/mol. The number of hydrogen-bond acceptors (Lipinski definition) is 6. The van der Waals surface area contributed by atoms with Crippen LogP contribution in [0, 0.1) is 10.1 Å². The molecule has 1 aromatic heterocycles. The summed E-state index contributed by atoms with van der Waals surface area (Å²) in [5.74, 6) is 0.631. The van der Waals surface area contributed by atoms with Crippen molar-refractivity contribution in [1.29, 1.82) is 0 Å². The first-order valence-electron chi connectivity index (χ1n) is 10.1. The number of pyridine rings is 1. The number of para-hydroxylation sites is 1. The Kier molecular flexibility index (Phi) is 6.20. The van der Waals surface area contributed by atoms with E-state index in [-0.39, 0.29) is 5.69 Å². The first-order valence-corrected chi connectivity index (χ1v) is 10.1. The van der Waals surface area contributed by atoms with E-state index in [1.54, 1.807) is 6.07 Å². The number of nitrogens with one attached hydrogen (secondary N) is 1. The van der Waals surface area contributed by atoms with Crippen molar-refractivity contribution in [2.45, 2.75) is 13.1 Å². The second-order valence-electron chi connectivity index (χ2n) is 7.38. The topological polar surface area (TPSA) is 74.5 Å². The Morgan fingerprint density at radius 3 is 2.27 bits per heavy atom. The van der Waals surface area contributed by atoms with Crippen LogP contribution in [-0.4, -0.2) is 41.0 Å². The molecule has 7 heteroatoms. The van der Waals surface area contributed by atoms with Crippen molar-refractivity contribution in [3.05, 3.63) is 94.2 Å². The number of nitro groups is 1. The average Bonchev–Trinajstić information content (AvgIpc) is 2.80. The first-order chi connectivity index (χ1) is 14.7. The fraction of sp³-hybridized carbons (Fsp3) is 0.261. The van der Waals surface area contributed by atoms with Crippen molar-refractivity contribution >= 4 is 17.2 Å². The van der Waals surface area contributed by atoms with Gasteiger partial charge in [0.05, 0.1) is 4.92 Å². The van der Waals surface area contributed by atoms with Crippen LogP contribution in [0.25, 0.3) is 0 Å². The molecule has 0 radical (unpaired) electrons. The molecule has 1 aliphatic rings. The van der Waals surface area contributed by atoms with Crippen LogP contribution in [0.5, 0.6) is 0 Å². The molecule has 1 fully saturated rings. The van der Waals surface area contributed by atoms with Crippen molar-refractivity contribution < 1.29 is 4.92 Å². The van der Waals surface area contributed by atoms with Crippen molar-refractivity contribution in [3.63, 3.8) is 0 Å². The summed E-state index contributed by atoms with van der Waals surface area (Å²) < 4.78 is 0. The molecule has 1 N–H and O–H groups in total. The maximum absolute atomic E-state index is 10.8. The molecular weight excluding hydrogens is 378 g/mol. The lowest BCUT2D eigenvalue weighted by Gasteiger charge is -2.36. The number of piperazine rings is 1. The Labute approximate surface area is 176 Å². The van der Waals surface area contributed by atoms with Gasteiger partial charge in [-0.1, -0.05) is 42.5 Å². The molecule has 154 valence electrons. The lowest BCUT2D eigenvalue weighted by atomic mass is 10.1. The number of nitrogens with zero attached hydrogens (tertiary/aromatic N) is 4. The highest BCUT2D eigenvalue weighted by Crippen LogP contribution is 2.19. The molecule has 0 amide bonds. The van der Waals surface area contributed by atoms with Crippen LogP contribution in [0.4, 0.5) is 17.2 Å². The summed E-state index contributed by atoms with van der Waals surface area (Å²) in [6.45, 7) is 5.65. The third-order valence-corrected chi connectivity index (χ3v) is 5.42. The van der Waals surface area contributed by atoms with Crippen LogP contribution in [0.2, 0.25) is 0 Å². The van der Waals surface area contributed by atoms with E-state index in [0.717, 1.165) is 32.7 Å². The smallest absolute Gasteiger partial charge is 0.287 e. The third-order valence-electron chi connectivity index (χ3n) is 5.42. The standard InChI is InChI=1S/C23H25N5O2/c29-28(30)22-10-11-23(25-17-22)24-16-19-6-4-5-7-20(19)18-26-12-14-27(15-13-26)21-8-2-1-3-9-21/h1-11,17H,12-16,18H2,(H,24,25). The van der Waals surface area contributed by atoms with Gasteiger partial charge in [-0.15, -0.1) is 0 Å². The monoisotopic (exact) mass is 403 g/mol. The molecule has 0 aliphatic carbocycles. The molecule has 7 nitrogen and oxygen atoms in total. The van der Waals surface area contributed by atoms with Crippen molar-refractivity contribution in [2.24, 2.45) is 0 Å². The van der Waals surface area contributed by atoms with Crippen molar-refractivity contribution in [1.82, 2.24) is 9.88 Å². The molecule has 1 saturated heterocycles. The van der Waals surface area contributed by atoms with Gasteiger partial charge < -0.3 is 10.2 Å². The summed E-state index contributed by atoms with van der Waals surface area (Å²) >= 11 is 0. The molecule has 2 heterocycles. The van der Waals surface area contributed by atoms with Gasteiger partial charge in [0.25, 0.3) is 5.69 Å². The van der Waals surface area contributed by atoms with Gasteiger partial charge in [-0.2, -0.15) is 0 Å². The van der Waals surface area contributed by atoms with E-state index in [4.69, 9.17) is 0 Å². The Morgan fingerprint density at radius 2 is 1.60 bits per heavy atom. The van der Waals surface area contributed by atoms with E-state index >= 15 is 0 Å². The molecule has 1 aliphatic heterocycles. The first kappa shape index (κ1) is 19.8. The van der Waals surface area contributed by atoms with Gasteiger partial charge in [0.1, 0.15) is 12.0 Å². The zero-order chi connectivity index (χ0) is 20.8. The number of benzene rings is 2.